The molecular formula is C34H30Br2Cl2SiZr. The van der Waals surface area contributed by atoms with Gasteiger partial charge in [-0.2, -0.15) is 12.1 Å². The third kappa shape index (κ3) is 9.38. The van der Waals surface area contributed by atoms with Crippen LogP contribution < -0.4 is 0 Å². The van der Waals surface area contributed by atoms with Crippen LogP contribution in [0.1, 0.15) is 11.1 Å². The van der Waals surface area contributed by atoms with Gasteiger partial charge >= 0.3 is 37.9 Å². The fourth-order valence-corrected chi connectivity index (χ4v) is 5.38. The standard InChI is InChI=1S/2C16H12Br.C2H6Si.2ClH.Zr/c2*1-11-8-12-5-3-7-15(16(12)9-11)13-4-2-6-14(17)10-13;1-3-2;;;/h2*2-10H,1H3;1-2H3;2*1H;/q2*-1;;;;+4/p-2. The van der Waals surface area contributed by atoms with Gasteiger partial charge in [-0.3, -0.25) is 0 Å². The molecule has 0 fully saturated rings. The van der Waals surface area contributed by atoms with Gasteiger partial charge in [-0.1, -0.05) is 106 Å². The summed E-state index contributed by atoms with van der Waals surface area (Å²) in [6.07, 6.45) is 0. The third-order valence-electron chi connectivity index (χ3n) is 6.06. The van der Waals surface area contributed by atoms with E-state index < -0.39 is 20.8 Å². The Kier molecular flexibility index (Phi) is 14.1. The molecule has 0 nitrogen and oxygen atoms in total. The van der Waals surface area contributed by atoms with E-state index in [0.717, 1.165) is 18.5 Å². The van der Waals surface area contributed by atoms with Crippen LogP contribution in [0.15, 0.2) is 118 Å². The Morgan fingerprint density at radius 3 is 1.30 bits per heavy atom. The summed E-state index contributed by atoms with van der Waals surface area (Å²) in [5.74, 6) is 0. The average Bonchev–Trinajstić information content (AvgIpc) is 3.50. The summed E-state index contributed by atoms with van der Waals surface area (Å²) < 4.78 is 2.24. The number of hydrogen-bond acceptors (Lipinski definition) is 0. The van der Waals surface area contributed by atoms with Crippen LogP contribution in [0.25, 0.3) is 43.8 Å². The van der Waals surface area contributed by atoms with E-state index in [0.29, 0.717) is 0 Å². The molecule has 0 spiro atoms. The van der Waals surface area contributed by atoms with Crippen molar-refractivity contribution in [1.82, 2.24) is 0 Å². The van der Waals surface area contributed by atoms with E-state index in [1.54, 1.807) is 0 Å². The summed E-state index contributed by atoms with van der Waals surface area (Å²) in [5.41, 5.74) is 7.77. The molecule has 202 valence electrons. The Bertz CT molecular complexity index is 1530. The summed E-state index contributed by atoms with van der Waals surface area (Å²) in [6.45, 7) is 8.59. The molecule has 0 amide bonds. The fourth-order valence-electron chi connectivity index (χ4n) is 4.58. The van der Waals surface area contributed by atoms with Gasteiger partial charge in [0.05, 0.1) is 0 Å². The zero-order valence-electron chi connectivity index (χ0n) is 22.9. The quantitative estimate of drug-likeness (QED) is 0.121. The number of hydrogen-bond donors (Lipinski definition) is 0. The molecule has 0 heterocycles. The molecule has 0 saturated heterocycles. The fraction of sp³-hybridized carbons (Fsp3) is 0.118. The van der Waals surface area contributed by atoms with E-state index in [2.05, 4.69) is 168 Å². The van der Waals surface area contributed by atoms with Crippen molar-refractivity contribution in [3.8, 4) is 22.3 Å². The number of rotatable bonds is 2. The molecule has 0 bridgehead atoms. The molecular weight excluding hydrogens is 758 g/mol. The van der Waals surface area contributed by atoms with E-state index in [1.807, 2.05) is 0 Å². The predicted octanol–water partition coefficient (Wildman–Crippen LogP) is 12.8. The number of fused-ring (bicyclic) bond motifs is 2. The Balaban J connectivity index is 0.000000185. The van der Waals surface area contributed by atoms with Gasteiger partial charge < -0.3 is 0 Å². The van der Waals surface area contributed by atoms with Gasteiger partial charge in [0, 0.05) is 18.5 Å². The van der Waals surface area contributed by atoms with E-state index >= 15 is 0 Å². The van der Waals surface area contributed by atoms with E-state index in [1.165, 1.54) is 54.9 Å². The first-order chi connectivity index (χ1) is 19.3. The zero-order chi connectivity index (χ0) is 29.1. The molecule has 0 unspecified atom stereocenters. The Hall–Kier alpha value is -1.26. The van der Waals surface area contributed by atoms with Gasteiger partial charge in [-0.05, 0) is 35.4 Å². The molecule has 0 saturated carbocycles. The number of aryl methyl sites for hydroxylation is 2. The van der Waals surface area contributed by atoms with Crippen LogP contribution in [0.2, 0.25) is 13.1 Å². The Morgan fingerprint density at radius 2 is 0.950 bits per heavy atom. The van der Waals surface area contributed by atoms with Crippen molar-refractivity contribution in [2.75, 3.05) is 0 Å². The maximum absolute atomic E-state index is 4.93. The molecule has 6 rings (SSSR count). The van der Waals surface area contributed by atoms with Crippen LogP contribution >= 0.6 is 48.9 Å². The summed E-state index contributed by atoms with van der Waals surface area (Å²) >= 11 is 6.23. The molecule has 0 aliphatic rings. The van der Waals surface area contributed by atoms with Crippen LogP contribution in [0, 0.1) is 13.8 Å². The van der Waals surface area contributed by atoms with Crippen molar-refractivity contribution in [2.24, 2.45) is 0 Å². The molecule has 0 aliphatic heterocycles. The monoisotopic (exact) mass is 784 g/mol. The van der Waals surface area contributed by atoms with Crippen LogP contribution in [0.3, 0.4) is 0 Å². The molecule has 0 aliphatic carbocycles. The van der Waals surface area contributed by atoms with Gasteiger partial charge in [-0.25, -0.2) is 0 Å². The molecule has 0 N–H and O–H groups in total. The first-order valence-corrected chi connectivity index (χ1v) is 22.6. The second-order valence-electron chi connectivity index (χ2n) is 9.27. The second kappa shape index (κ2) is 17.0. The van der Waals surface area contributed by atoms with Crippen molar-refractivity contribution < 1.29 is 20.8 Å². The Labute approximate surface area is 276 Å². The summed E-state index contributed by atoms with van der Waals surface area (Å²) in [5, 5.41) is 5.31. The van der Waals surface area contributed by atoms with Gasteiger partial charge in [-0.15, -0.1) is 69.1 Å². The predicted molar refractivity (Wildman–Crippen MR) is 184 cm³/mol. The molecule has 40 heavy (non-hydrogen) atoms. The van der Waals surface area contributed by atoms with Crippen LogP contribution in [-0.2, 0) is 20.8 Å². The SMILES string of the molecule is C[Si]C.Cc1cc2c(-c3cccc(Br)c3)cccc2[cH-]1.Cc1cc2c(-c3cccc(Br)c3)cccc2[cH-]1.[Cl][Zr+2][Cl]. The Morgan fingerprint density at radius 1 is 0.600 bits per heavy atom. The number of halogens is 4. The summed E-state index contributed by atoms with van der Waals surface area (Å²) in [7, 11) is 11.0. The molecule has 0 atom stereocenters. The maximum atomic E-state index is 4.93. The minimum atomic E-state index is -0.826. The minimum absolute atomic E-state index is 0.826. The average molecular weight is 789 g/mol. The van der Waals surface area contributed by atoms with E-state index in [-0.39, 0.29) is 0 Å². The zero-order valence-corrected chi connectivity index (χ0v) is 31.0. The van der Waals surface area contributed by atoms with Crippen molar-refractivity contribution in [1.29, 1.82) is 0 Å². The summed E-state index contributed by atoms with van der Waals surface area (Å²) in [4.78, 5) is 0. The van der Waals surface area contributed by atoms with Crippen molar-refractivity contribution >= 4 is 80.0 Å². The van der Waals surface area contributed by atoms with Crippen molar-refractivity contribution in [2.45, 2.75) is 26.9 Å². The van der Waals surface area contributed by atoms with Crippen LogP contribution in [0.5, 0.6) is 0 Å². The number of benzene rings is 4. The van der Waals surface area contributed by atoms with E-state index in [9.17, 15) is 0 Å². The van der Waals surface area contributed by atoms with Crippen LogP contribution in [0.4, 0.5) is 0 Å². The van der Waals surface area contributed by atoms with E-state index in [4.69, 9.17) is 17.0 Å². The van der Waals surface area contributed by atoms with Crippen molar-refractivity contribution in [3.63, 3.8) is 0 Å². The van der Waals surface area contributed by atoms with Gasteiger partial charge in [0.1, 0.15) is 0 Å². The normalized spacial score (nSPS) is 10.0. The molecule has 6 heteroatoms. The van der Waals surface area contributed by atoms with Crippen molar-refractivity contribution in [3.05, 3.63) is 129 Å². The van der Waals surface area contributed by atoms with Gasteiger partial charge in [0.15, 0.2) is 0 Å². The second-order valence-corrected chi connectivity index (χ2v) is 15.8. The molecule has 6 aromatic rings. The van der Waals surface area contributed by atoms with Crippen LogP contribution in [-0.4, -0.2) is 9.52 Å². The third-order valence-corrected chi connectivity index (χ3v) is 7.05. The first kappa shape index (κ1) is 33.2. The summed E-state index contributed by atoms with van der Waals surface area (Å²) in [6, 6.07) is 38.8. The molecule has 6 aromatic carbocycles. The molecule has 2 radical (unpaired) electrons. The molecule has 0 aromatic heterocycles. The topological polar surface area (TPSA) is 0 Å². The first-order valence-electron chi connectivity index (χ1n) is 12.7. The van der Waals surface area contributed by atoms with Gasteiger partial charge in [0.25, 0.3) is 0 Å². The van der Waals surface area contributed by atoms with Gasteiger partial charge in [0.2, 0.25) is 0 Å².